The third kappa shape index (κ3) is 7.17. The maximum absolute atomic E-state index is 6.18. The van der Waals surface area contributed by atoms with Crippen LogP contribution in [0.2, 0.25) is 0 Å². The minimum absolute atomic E-state index is 0. The third-order valence-electron chi connectivity index (χ3n) is 5.01. The fourth-order valence-electron chi connectivity index (χ4n) is 3.28. The maximum Gasteiger partial charge on any atom is 0.191 e. The van der Waals surface area contributed by atoms with Crippen LogP contribution in [0.25, 0.3) is 0 Å². The number of hydrogen-bond donors (Lipinski definition) is 2. The van der Waals surface area contributed by atoms with Crippen molar-refractivity contribution in [2.45, 2.75) is 32.5 Å². The van der Waals surface area contributed by atoms with E-state index in [1.54, 1.807) is 21.3 Å². The number of ether oxygens (including phenoxy) is 4. The summed E-state index contributed by atoms with van der Waals surface area (Å²) in [6, 6.07) is 12.0. The smallest absolute Gasteiger partial charge is 0.191 e. The molecule has 1 heterocycles. The molecule has 0 bridgehead atoms. The second-order valence-corrected chi connectivity index (χ2v) is 7.17. The first-order valence-electron chi connectivity index (χ1n) is 10.1. The van der Waals surface area contributed by atoms with Gasteiger partial charge in [-0.2, -0.15) is 0 Å². The van der Waals surface area contributed by atoms with Gasteiger partial charge < -0.3 is 29.6 Å². The van der Waals surface area contributed by atoms with E-state index in [9.17, 15) is 0 Å². The second kappa shape index (κ2) is 12.6. The molecule has 31 heavy (non-hydrogen) atoms. The molecule has 1 atom stereocenters. The monoisotopic (exact) mass is 541 g/mol. The molecular weight excluding hydrogens is 509 g/mol. The van der Waals surface area contributed by atoms with Gasteiger partial charge in [0.15, 0.2) is 5.96 Å². The summed E-state index contributed by atoms with van der Waals surface area (Å²) in [4.78, 5) is 4.33. The number of nitrogens with zero attached hydrogens (tertiary/aromatic N) is 1. The molecule has 170 valence electrons. The number of nitrogens with one attached hydrogen (secondary N) is 2. The predicted molar refractivity (Wildman–Crippen MR) is 133 cm³/mol. The van der Waals surface area contributed by atoms with Crippen molar-refractivity contribution < 1.29 is 18.9 Å². The van der Waals surface area contributed by atoms with Gasteiger partial charge in [-0.15, -0.1) is 24.0 Å². The molecule has 2 aromatic rings. The number of aliphatic imine (C=N–C) groups is 1. The van der Waals surface area contributed by atoms with Crippen LogP contribution in [0.15, 0.2) is 41.4 Å². The summed E-state index contributed by atoms with van der Waals surface area (Å²) >= 11 is 0. The van der Waals surface area contributed by atoms with E-state index < -0.39 is 0 Å². The van der Waals surface area contributed by atoms with E-state index in [4.69, 9.17) is 18.9 Å². The Labute approximate surface area is 201 Å². The van der Waals surface area contributed by atoms with Crippen LogP contribution < -0.4 is 24.8 Å². The zero-order valence-corrected chi connectivity index (χ0v) is 20.9. The normalized spacial score (nSPS) is 15.7. The Morgan fingerprint density at radius 1 is 1.03 bits per heavy atom. The Hall–Kier alpha value is -2.20. The van der Waals surface area contributed by atoms with Crippen LogP contribution in [0.4, 0.5) is 0 Å². The molecule has 1 fully saturated rings. The SMILES string of the molecule is CN=C(NCc1ccc(OC)cc1OC)NCc1ccc(C)cc1OC1CCOC1.I. The Balaban J connectivity index is 0.00000341. The molecule has 8 heteroatoms. The molecule has 0 amide bonds. The highest BCUT2D eigenvalue weighted by Crippen LogP contribution is 2.25. The molecule has 2 aromatic carbocycles. The lowest BCUT2D eigenvalue weighted by atomic mass is 10.1. The van der Waals surface area contributed by atoms with E-state index in [-0.39, 0.29) is 30.1 Å². The van der Waals surface area contributed by atoms with Gasteiger partial charge in [0, 0.05) is 43.8 Å². The van der Waals surface area contributed by atoms with Crippen LogP contribution in [-0.2, 0) is 17.8 Å². The number of guanidine groups is 1. The van der Waals surface area contributed by atoms with E-state index in [1.165, 1.54) is 5.56 Å². The van der Waals surface area contributed by atoms with Crippen molar-refractivity contribution in [1.82, 2.24) is 10.6 Å². The zero-order valence-electron chi connectivity index (χ0n) is 18.6. The molecule has 1 aliphatic rings. The highest BCUT2D eigenvalue weighted by atomic mass is 127. The topological polar surface area (TPSA) is 73.3 Å². The molecule has 0 spiro atoms. The molecule has 0 aliphatic carbocycles. The largest absolute Gasteiger partial charge is 0.497 e. The molecule has 3 rings (SSSR count). The minimum Gasteiger partial charge on any atom is -0.497 e. The number of aryl methyl sites for hydroxylation is 1. The summed E-state index contributed by atoms with van der Waals surface area (Å²) in [5.74, 6) is 3.12. The summed E-state index contributed by atoms with van der Waals surface area (Å²) in [7, 11) is 5.05. The third-order valence-corrected chi connectivity index (χ3v) is 5.01. The first-order valence-corrected chi connectivity index (χ1v) is 10.1. The van der Waals surface area contributed by atoms with Gasteiger partial charge in [0.2, 0.25) is 0 Å². The number of rotatable bonds is 8. The number of methoxy groups -OCH3 is 2. The van der Waals surface area contributed by atoms with Crippen LogP contribution in [0.5, 0.6) is 17.2 Å². The summed E-state index contributed by atoms with van der Waals surface area (Å²) in [5, 5.41) is 6.69. The first kappa shape index (κ1) is 25.1. The van der Waals surface area contributed by atoms with Gasteiger partial charge >= 0.3 is 0 Å². The van der Waals surface area contributed by atoms with Gasteiger partial charge in [0.25, 0.3) is 0 Å². The molecule has 0 radical (unpaired) electrons. The molecule has 0 aromatic heterocycles. The van der Waals surface area contributed by atoms with Gasteiger partial charge in [-0.25, -0.2) is 0 Å². The molecule has 2 N–H and O–H groups in total. The summed E-state index contributed by atoms with van der Waals surface area (Å²) in [6.45, 7) is 4.65. The van der Waals surface area contributed by atoms with Crippen molar-refractivity contribution in [2.75, 3.05) is 34.5 Å². The van der Waals surface area contributed by atoms with E-state index in [0.29, 0.717) is 25.7 Å². The van der Waals surface area contributed by atoms with Gasteiger partial charge in [0.1, 0.15) is 23.4 Å². The summed E-state index contributed by atoms with van der Waals surface area (Å²) in [6.07, 6.45) is 1.04. The van der Waals surface area contributed by atoms with Crippen molar-refractivity contribution in [2.24, 2.45) is 4.99 Å². The quantitative estimate of drug-likeness (QED) is 0.302. The summed E-state index contributed by atoms with van der Waals surface area (Å²) in [5.41, 5.74) is 3.26. The van der Waals surface area contributed by atoms with Crippen LogP contribution >= 0.6 is 24.0 Å². The van der Waals surface area contributed by atoms with E-state index >= 15 is 0 Å². The highest BCUT2D eigenvalue weighted by Gasteiger charge is 2.19. The Kier molecular flexibility index (Phi) is 10.2. The lowest BCUT2D eigenvalue weighted by Gasteiger charge is -2.18. The fourth-order valence-corrected chi connectivity index (χ4v) is 3.28. The van der Waals surface area contributed by atoms with Gasteiger partial charge in [-0.1, -0.05) is 12.1 Å². The van der Waals surface area contributed by atoms with Crippen LogP contribution in [0, 0.1) is 6.92 Å². The van der Waals surface area contributed by atoms with Gasteiger partial charge in [0.05, 0.1) is 27.4 Å². The predicted octanol–water partition coefficient (Wildman–Crippen LogP) is 3.66. The lowest BCUT2D eigenvalue weighted by molar-refractivity contribution is 0.140. The van der Waals surface area contributed by atoms with E-state index in [2.05, 4.69) is 40.7 Å². The molecule has 7 nitrogen and oxygen atoms in total. The van der Waals surface area contributed by atoms with Crippen molar-refractivity contribution in [3.8, 4) is 17.2 Å². The Morgan fingerprint density at radius 3 is 2.35 bits per heavy atom. The number of halogens is 1. The van der Waals surface area contributed by atoms with Crippen LogP contribution in [0.3, 0.4) is 0 Å². The fraction of sp³-hybridized carbons (Fsp3) is 0.435. The average Bonchev–Trinajstić information content (AvgIpc) is 3.28. The molecular formula is C23H32IN3O4. The zero-order chi connectivity index (χ0) is 21.3. The standard InChI is InChI=1S/C23H31N3O4.HI/c1-16-5-6-18(22(11-16)30-20-9-10-29-15-20)14-26-23(24-2)25-13-17-7-8-19(27-3)12-21(17)28-4;/h5-8,11-12,20H,9-10,13-15H2,1-4H3,(H2,24,25,26);1H. The number of benzene rings is 2. The Morgan fingerprint density at radius 2 is 1.74 bits per heavy atom. The Bertz CT molecular complexity index is 870. The van der Waals surface area contributed by atoms with Crippen molar-refractivity contribution in [1.29, 1.82) is 0 Å². The highest BCUT2D eigenvalue weighted by molar-refractivity contribution is 14.0. The summed E-state index contributed by atoms with van der Waals surface area (Å²) < 4.78 is 22.3. The van der Waals surface area contributed by atoms with Crippen molar-refractivity contribution in [3.05, 3.63) is 53.1 Å². The lowest BCUT2D eigenvalue weighted by Crippen LogP contribution is -2.36. The maximum atomic E-state index is 6.18. The van der Waals surface area contributed by atoms with Crippen LogP contribution in [-0.4, -0.2) is 46.5 Å². The molecule has 1 aliphatic heterocycles. The number of hydrogen-bond acceptors (Lipinski definition) is 5. The van der Waals surface area contributed by atoms with Crippen molar-refractivity contribution in [3.63, 3.8) is 0 Å². The van der Waals surface area contributed by atoms with Gasteiger partial charge in [-0.3, -0.25) is 4.99 Å². The molecule has 1 unspecified atom stereocenters. The van der Waals surface area contributed by atoms with Crippen LogP contribution in [0.1, 0.15) is 23.1 Å². The second-order valence-electron chi connectivity index (χ2n) is 7.17. The molecule has 1 saturated heterocycles. The van der Waals surface area contributed by atoms with Gasteiger partial charge in [-0.05, 0) is 30.7 Å². The van der Waals surface area contributed by atoms with Crippen molar-refractivity contribution >= 4 is 29.9 Å². The van der Waals surface area contributed by atoms with E-state index in [1.807, 2.05) is 18.2 Å². The minimum atomic E-state index is 0. The average molecular weight is 541 g/mol. The molecule has 0 saturated carbocycles. The van der Waals surface area contributed by atoms with E-state index in [0.717, 1.165) is 41.4 Å². The first-order chi connectivity index (χ1) is 14.6.